The van der Waals surface area contributed by atoms with E-state index in [4.69, 9.17) is 4.74 Å². The number of nitrogens with one attached hydrogen (secondary N) is 1. The van der Waals surface area contributed by atoms with Crippen LogP contribution in [0.1, 0.15) is 26.7 Å². The number of hydrogen-bond donors (Lipinski definition) is 2. The summed E-state index contributed by atoms with van der Waals surface area (Å²) in [7, 11) is 1.33. The molecule has 2 N–H and O–H groups in total. The van der Waals surface area contributed by atoms with E-state index in [1.807, 2.05) is 6.92 Å². The molecule has 0 aliphatic carbocycles. The van der Waals surface area contributed by atoms with Crippen LogP contribution in [-0.4, -0.2) is 28.6 Å². The molecule has 0 spiro atoms. The Labute approximate surface area is 116 Å². The fourth-order valence-electron chi connectivity index (χ4n) is 2.00. The fraction of sp³-hybridized carbons (Fsp3) is 0.462. The average molecular weight is 282 g/mol. The molecule has 1 unspecified atom stereocenters. The lowest BCUT2D eigenvalue weighted by atomic mass is 9.95. The molecule has 110 valence electrons. The van der Waals surface area contributed by atoms with E-state index in [1.54, 1.807) is 6.07 Å². The summed E-state index contributed by atoms with van der Waals surface area (Å²) in [5.74, 6) is -0.972. The molecule has 0 radical (unpaired) electrons. The number of carboxylic acids is 1. The summed E-state index contributed by atoms with van der Waals surface area (Å²) in [6.45, 7) is 3.35. The lowest BCUT2D eigenvalue weighted by Gasteiger charge is -2.27. The molecule has 0 aromatic heterocycles. The Kier molecular flexibility index (Phi) is 4.90. The molecular weight excluding hydrogens is 264 g/mol. The van der Waals surface area contributed by atoms with E-state index < -0.39 is 16.4 Å². The van der Waals surface area contributed by atoms with Gasteiger partial charge in [0.25, 0.3) is 0 Å². The third-order valence-corrected chi connectivity index (χ3v) is 3.03. The highest BCUT2D eigenvalue weighted by Gasteiger charge is 2.34. The molecule has 7 nitrogen and oxygen atoms in total. The van der Waals surface area contributed by atoms with E-state index in [1.165, 1.54) is 26.2 Å². The van der Waals surface area contributed by atoms with Gasteiger partial charge in [0.2, 0.25) is 0 Å². The number of para-hydroxylation sites is 1. The number of methoxy groups -OCH3 is 1. The number of ether oxygens (including phenoxy) is 1. The van der Waals surface area contributed by atoms with Crippen molar-refractivity contribution in [3.63, 3.8) is 0 Å². The van der Waals surface area contributed by atoms with Crippen LogP contribution in [0.5, 0.6) is 5.75 Å². The first-order chi connectivity index (χ1) is 9.35. The van der Waals surface area contributed by atoms with Gasteiger partial charge in [-0.2, -0.15) is 0 Å². The van der Waals surface area contributed by atoms with Crippen LogP contribution in [0.25, 0.3) is 0 Å². The van der Waals surface area contributed by atoms with E-state index in [9.17, 15) is 20.0 Å². The van der Waals surface area contributed by atoms with Gasteiger partial charge in [-0.3, -0.25) is 10.1 Å². The summed E-state index contributed by atoms with van der Waals surface area (Å²) in [6.07, 6.45) is 0.976. The van der Waals surface area contributed by atoms with Crippen molar-refractivity contribution < 1.29 is 19.6 Å². The first-order valence-corrected chi connectivity index (χ1v) is 6.18. The van der Waals surface area contributed by atoms with Gasteiger partial charge in [-0.25, -0.2) is 4.79 Å². The van der Waals surface area contributed by atoms with Crippen LogP contribution in [0, 0.1) is 10.1 Å². The van der Waals surface area contributed by atoms with E-state index in [-0.39, 0.29) is 17.1 Å². The van der Waals surface area contributed by atoms with Gasteiger partial charge in [-0.1, -0.05) is 19.4 Å². The molecule has 0 saturated carbocycles. The highest BCUT2D eigenvalue weighted by atomic mass is 16.6. The van der Waals surface area contributed by atoms with Gasteiger partial charge in [0, 0.05) is 0 Å². The van der Waals surface area contributed by atoms with E-state index in [0.29, 0.717) is 12.8 Å². The van der Waals surface area contributed by atoms with Crippen molar-refractivity contribution in [2.24, 2.45) is 0 Å². The highest BCUT2D eigenvalue weighted by molar-refractivity contribution is 5.84. The number of nitro benzene ring substituents is 1. The standard InChI is InChI=1S/C13H18N2O5/c1-4-8-13(2,12(16)17)14-9-6-5-7-10(20-3)11(9)15(18)19/h5-7,14H,4,8H2,1-3H3,(H,16,17). The van der Waals surface area contributed by atoms with E-state index in [0.717, 1.165) is 0 Å². The zero-order valence-electron chi connectivity index (χ0n) is 11.7. The number of rotatable bonds is 7. The van der Waals surface area contributed by atoms with E-state index >= 15 is 0 Å². The van der Waals surface area contributed by atoms with Crippen LogP contribution < -0.4 is 10.1 Å². The van der Waals surface area contributed by atoms with Crippen molar-refractivity contribution >= 4 is 17.3 Å². The maximum absolute atomic E-state index is 11.4. The molecule has 1 rings (SSSR count). The largest absolute Gasteiger partial charge is 0.490 e. The zero-order chi connectivity index (χ0) is 15.3. The number of carboxylic acid groups (broad SMARTS) is 1. The number of hydrogen-bond acceptors (Lipinski definition) is 5. The Morgan fingerprint density at radius 1 is 1.55 bits per heavy atom. The topological polar surface area (TPSA) is 102 Å². The zero-order valence-corrected chi connectivity index (χ0v) is 11.7. The van der Waals surface area contributed by atoms with Gasteiger partial charge in [-0.05, 0) is 25.5 Å². The van der Waals surface area contributed by atoms with Gasteiger partial charge in [0.15, 0.2) is 5.75 Å². The Morgan fingerprint density at radius 3 is 2.65 bits per heavy atom. The molecular formula is C13H18N2O5. The van der Waals surface area contributed by atoms with E-state index in [2.05, 4.69) is 5.32 Å². The second-order valence-corrected chi connectivity index (χ2v) is 4.63. The summed E-state index contributed by atoms with van der Waals surface area (Å²) < 4.78 is 4.95. The predicted octanol–water partition coefficient (Wildman–Crippen LogP) is 2.66. The SMILES string of the molecule is CCCC(C)(Nc1cccc(OC)c1[N+](=O)[O-])C(=O)O. The molecule has 0 aliphatic rings. The third-order valence-electron chi connectivity index (χ3n) is 3.03. The summed E-state index contributed by atoms with van der Waals surface area (Å²) in [5, 5.41) is 23.2. The first-order valence-electron chi connectivity index (χ1n) is 6.18. The van der Waals surface area contributed by atoms with Crippen LogP contribution in [-0.2, 0) is 4.79 Å². The monoisotopic (exact) mass is 282 g/mol. The summed E-state index contributed by atoms with van der Waals surface area (Å²) in [5.41, 5.74) is -1.41. The minimum atomic E-state index is -1.27. The van der Waals surface area contributed by atoms with Gasteiger partial charge >= 0.3 is 11.7 Å². The van der Waals surface area contributed by atoms with Crippen molar-refractivity contribution in [1.82, 2.24) is 0 Å². The van der Waals surface area contributed by atoms with Crippen molar-refractivity contribution in [2.75, 3.05) is 12.4 Å². The molecule has 0 heterocycles. The first kappa shape index (κ1) is 15.7. The molecule has 1 aromatic carbocycles. The summed E-state index contributed by atoms with van der Waals surface area (Å²) in [4.78, 5) is 22.0. The van der Waals surface area contributed by atoms with Crippen LogP contribution in [0.15, 0.2) is 18.2 Å². The second kappa shape index (κ2) is 6.23. The number of nitrogens with zero attached hydrogens (tertiary/aromatic N) is 1. The number of benzene rings is 1. The minimum Gasteiger partial charge on any atom is -0.490 e. The molecule has 0 saturated heterocycles. The highest BCUT2D eigenvalue weighted by Crippen LogP contribution is 2.36. The molecule has 1 aromatic rings. The quantitative estimate of drug-likeness (QED) is 0.589. The lowest BCUT2D eigenvalue weighted by Crippen LogP contribution is -2.43. The van der Waals surface area contributed by atoms with Crippen molar-refractivity contribution in [3.05, 3.63) is 28.3 Å². The van der Waals surface area contributed by atoms with Crippen LogP contribution in [0.2, 0.25) is 0 Å². The maximum Gasteiger partial charge on any atom is 0.333 e. The van der Waals surface area contributed by atoms with Crippen molar-refractivity contribution in [2.45, 2.75) is 32.2 Å². The Balaban J connectivity index is 3.26. The minimum absolute atomic E-state index is 0.0873. The molecule has 0 bridgehead atoms. The smallest absolute Gasteiger partial charge is 0.333 e. The lowest BCUT2D eigenvalue weighted by molar-refractivity contribution is -0.384. The molecule has 0 fully saturated rings. The molecule has 20 heavy (non-hydrogen) atoms. The fourth-order valence-corrected chi connectivity index (χ4v) is 2.00. The van der Waals surface area contributed by atoms with Gasteiger partial charge in [-0.15, -0.1) is 0 Å². The molecule has 0 aliphatic heterocycles. The van der Waals surface area contributed by atoms with Crippen LogP contribution >= 0.6 is 0 Å². The number of carbonyl (C=O) groups is 1. The van der Waals surface area contributed by atoms with Gasteiger partial charge in [0.05, 0.1) is 12.0 Å². The molecule has 7 heteroatoms. The molecule has 1 atom stereocenters. The number of aliphatic carboxylic acids is 1. The van der Waals surface area contributed by atoms with Gasteiger partial charge in [0.1, 0.15) is 11.2 Å². The van der Waals surface area contributed by atoms with Crippen molar-refractivity contribution in [1.29, 1.82) is 0 Å². The maximum atomic E-state index is 11.4. The number of anilines is 1. The average Bonchev–Trinajstić information content (AvgIpc) is 2.38. The predicted molar refractivity (Wildman–Crippen MR) is 74.2 cm³/mol. The summed E-state index contributed by atoms with van der Waals surface area (Å²) >= 11 is 0. The Hall–Kier alpha value is -2.31. The van der Waals surface area contributed by atoms with Crippen LogP contribution in [0.3, 0.4) is 0 Å². The van der Waals surface area contributed by atoms with Crippen molar-refractivity contribution in [3.8, 4) is 5.75 Å². The molecule has 0 amide bonds. The summed E-state index contributed by atoms with van der Waals surface area (Å²) in [6, 6.07) is 4.50. The van der Waals surface area contributed by atoms with Gasteiger partial charge < -0.3 is 15.2 Å². The third kappa shape index (κ3) is 3.17. The normalized spacial score (nSPS) is 13.3. The van der Waals surface area contributed by atoms with Crippen LogP contribution in [0.4, 0.5) is 11.4 Å². The number of nitro groups is 1. The Bertz CT molecular complexity index is 517. The Morgan fingerprint density at radius 2 is 2.20 bits per heavy atom. The second-order valence-electron chi connectivity index (χ2n) is 4.63.